The van der Waals surface area contributed by atoms with E-state index < -0.39 is 0 Å². The Kier molecular flexibility index (Phi) is 4.60. The van der Waals surface area contributed by atoms with Crippen LogP contribution in [0.25, 0.3) is 0 Å². The summed E-state index contributed by atoms with van der Waals surface area (Å²) >= 11 is 0. The van der Waals surface area contributed by atoms with Gasteiger partial charge in [0, 0.05) is 32.0 Å². The zero-order chi connectivity index (χ0) is 17.9. The van der Waals surface area contributed by atoms with E-state index in [1.54, 1.807) is 12.4 Å². The van der Waals surface area contributed by atoms with Gasteiger partial charge in [-0.05, 0) is 36.5 Å². The van der Waals surface area contributed by atoms with E-state index in [0.717, 1.165) is 43.0 Å². The van der Waals surface area contributed by atoms with Gasteiger partial charge in [0.2, 0.25) is 12.7 Å². The topological polar surface area (TPSA) is 76.6 Å². The number of nitrogens with one attached hydrogen (secondary N) is 1. The summed E-state index contributed by atoms with van der Waals surface area (Å²) in [5.74, 6) is 2.71. The molecule has 7 heteroatoms. The van der Waals surface area contributed by atoms with Crippen LogP contribution in [-0.4, -0.2) is 40.7 Å². The maximum atomic E-state index is 12.5. The molecule has 0 atom stereocenters. The summed E-state index contributed by atoms with van der Waals surface area (Å²) in [4.78, 5) is 22.9. The van der Waals surface area contributed by atoms with Crippen LogP contribution in [0.15, 0.2) is 30.6 Å². The van der Waals surface area contributed by atoms with Crippen LogP contribution in [0.5, 0.6) is 11.5 Å². The molecule has 3 heterocycles. The molecule has 0 radical (unpaired) electrons. The van der Waals surface area contributed by atoms with Gasteiger partial charge in [0.25, 0.3) is 5.91 Å². The summed E-state index contributed by atoms with van der Waals surface area (Å²) in [6, 6.07) is 5.79. The number of fused-ring (bicyclic) bond motifs is 1. The number of nitrogens with zero attached hydrogens (tertiary/aromatic N) is 3. The quantitative estimate of drug-likeness (QED) is 0.910. The van der Waals surface area contributed by atoms with Crippen molar-refractivity contribution in [3.63, 3.8) is 0 Å². The molecule has 1 fully saturated rings. The van der Waals surface area contributed by atoms with E-state index in [0.29, 0.717) is 24.0 Å². The number of rotatable bonds is 4. The molecular weight excluding hydrogens is 332 g/mol. The van der Waals surface area contributed by atoms with E-state index in [1.165, 1.54) is 0 Å². The van der Waals surface area contributed by atoms with Crippen LogP contribution in [0.4, 0.5) is 5.95 Å². The minimum atomic E-state index is 0.0132. The maximum absolute atomic E-state index is 12.5. The molecule has 2 aliphatic heterocycles. The van der Waals surface area contributed by atoms with Crippen molar-refractivity contribution in [2.45, 2.75) is 26.3 Å². The highest BCUT2D eigenvalue weighted by molar-refractivity contribution is 5.93. The average Bonchev–Trinajstić information content (AvgIpc) is 3.15. The van der Waals surface area contributed by atoms with Gasteiger partial charge < -0.3 is 19.7 Å². The fraction of sp³-hybridized carbons (Fsp3) is 0.421. The zero-order valence-electron chi connectivity index (χ0n) is 14.8. The Morgan fingerprint density at radius 1 is 1.19 bits per heavy atom. The molecule has 2 aliphatic rings. The van der Waals surface area contributed by atoms with Gasteiger partial charge in [0.05, 0.1) is 5.56 Å². The highest BCUT2D eigenvalue weighted by Gasteiger charge is 2.22. The highest BCUT2D eigenvalue weighted by atomic mass is 16.7. The van der Waals surface area contributed by atoms with Crippen molar-refractivity contribution in [1.29, 1.82) is 0 Å². The maximum Gasteiger partial charge on any atom is 0.256 e. The molecule has 0 bridgehead atoms. The number of anilines is 1. The van der Waals surface area contributed by atoms with E-state index in [9.17, 15) is 4.79 Å². The van der Waals surface area contributed by atoms with Crippen molar-refractivity contribution in [3.05, 3.63) is 41.7 Å². The Balaban J connectivity index is 1.35. The number of hydrogen-bond donors (Lipinski definition) is 1. The first-order valence-corrected chi connectivity index (χ1v) is 8.93. The molecule has 1 amide bonds. The molecule has 7 nitrogen and oxygen atoms in total. The molecule has 0 saturated carbocycles. The first-order valence-electron chi connectivity index (χ1n) is 8.93. The lowest BCUT2D eigenvalue weighted by Gasteiger charge is -2.30. The lowest BCUT2D eigenvalue weighted by Crippen LogP contribution is -2.38. The first kappa shape index (κ1) is 16.6. The number of carbonyl (C=O) groups excluding carboxylic acids is 1. The number of aromatic nitrogens is 2. The molecule has 0 spiro atoms. The molecule has 136 valence electrons. The summed E-state index contributed by atoms with van der Waals surface area (Å²) in [6.07, 6.45) is 5.30. The van der Waals surface area contributed by atoms with Gasteiger partial charge in [0.15, 0.2) is 11.5 Å². The first-order chi connectivity index (χ1) is 12.7. The van der Waals surface area contributed by atoms with Gasteiger partial charge in [-0.15, -0.1) is 0 Å². The number of amides is 1. The van der Waals surface area contributed by atoms with Crippen LogP contribution in [0, 0.1) is 5.92 Å². The summed E-state index contributed by atoms with van der Waals surface area (Å²) in [7, 11) is 0. The third-order valence-electron chi connectivity index (χ3n) is 4.86. The molecule has 1 N–H and O–H groups in total. The minimum absolute atomic E-state index is 0.0132. The predicted molar refractivity (Wildman–Crippen MR) is 96.2 cm³/mol. The summed E-state index contributed by atoms with van der Waals surface area (Å²) in [5.41, 5.74) is 1.58. The van der Waals surface area contributed by atoms with Crippen LogP contribution in [0.3, 0.4) is 0 Å². The van der Waals surface area contributed by atoms with Crippen LogP contribution in [0.2, 0.25) is 0 Å². The van der Waals surface area contributed by atoms with E-state index in [1.807, 2.05) is 23.1 Å². The van der Waals surface area contributed by atoms with Gasteiger partial charge in [-0.1, -0.05) is 13.0 Å². The Hall–Kier alpha value is -2.83. The highest BCUT2D eigenvalue weighted by Crippen LogP contribution is 2.32. The van der Waals surface area contributed by atoms with Gasteiger partial charge in [-0.25, -0.2) is 9.97 Å². The van der Waals surface area contributed by atoms with Crippen molar-refractivity contribution in [2.75, 3.05) is 25.2 Å². The normalized spacial score (nSPS) is 16.6. The predicted octanol–water partition coefficient (Wildman–Crippen LogP) is 2.69. The van der Waals surface area contributed by atoms with Gasteiger partial charge >= 0.3 is 0 Å². The molecule has 0 unspecified atom stereocenters. The molecule has 1 saturated heterocycles. The standard InChI is InChI=1S/C19H22N4O3/c1-13-4-6-23(7-5-13)18(24)15-10-21-19(22-11-15)20-9-14-2-3-16-17(8-14)26-12-25-16/h2-3,8,10-11,13H,4-7,9,12H2,1H3,(H,20,21,22). The van der Waals surface area contributed by atoms with Crippen molar-refractivity contribution in [2.24, 2.45) is 5.92 Å². The molecule has 26 heavy (non-hydrogen) atoms. The van der Waals surface area contributed by atoms with E-state index in [-0.39, 0.29) is 12.7 Å². The second-order valence-electron chi connectivity index (χ2n) is 6.81. The van der Waals surface area contributed by atoms with Crippen LogP contribution in [0.1, 0.15) is 35.7 Å². The van der Waals surface area contributed by atoms with Crippen LogP contribution < -0.4 is 14.8 Å². The molecular formula is C19H22N4O3. The lowest BCUT2D eigenvalue weighted by atomic mass is 9.99. The third-order valence-corrected chi connectivity index (χ3v) is 4.86. The molecule has 1 aromatic carbocycles. The summed E-state index contributed by atoms with van der Waals surface area (Å²) in [6.45, 7) is 4.68. The van der Waals surface area contributed by atoms with Crippen molar-refractivity contribution < 1.29 is 14.3 Å². The summed E-state index contributed by atoms with van der Waals surface area (Å²) < 4.78 is 10.7. The fourth-order valence-electron chi connectivity index (χ4n) is 3.16. The van der Waals surface area contributed by atoms with Crippen molar-refractivity contribution >= 4 is 11.9 Å². The van der Waals surface area contributed by atoms with E-state index >= 15 is 0 Å². The number of hydrogen-bond acceptors (Lipinski definition) is 6. The number of ether oxygens (including phenoxy) is 2. The third kappa shape index (κ3) is 3.56. The van der Waals surface area contributed by atoms with Gasteiger partial charge in [0.1, 0.15) is 0 Å². The van der Waals surface area contributed by atoms with Crippen molar-refractivity contribution in [3.8, 4) is 11.5 Å². The largest absolute Gasteiger partial charge is 0.454 e. The Morgan fingerprint density at radius 3 is 2.69 bits per heavy atom. The second kappa shape index (κ2) is 7.19. The van der Waals surface area contributed by atoms with Crippen molar-refractivity contribution in [1.82, 2.24) is 14.9 Å². The van der Waals surface area contributed by atoms with E-state index in [2.05, 4.69) is 22.2 Å². The molecule has 1 aromatic heterocycles. The number of likely N-dealkylation sites (tertiary alicyclic amines) is 1. The molecule has 2 aromatic rings. The van der Waals surface area contributed by atoms with Gasteiger partial charge in [-0.3, -0.25) is 4.79 Å². The SMILES string of the molecule is CC1CCN(C(=O)c2cnc(NCc3ccc4c(c3)OCO4)nc2)CC1. The van der Waals surface area contributed by atoms with Crippen LogP contribution >= 0.6 is 0 Å². The van der Waals surface area contributed by atoms with Gasteiger partial charge in [-0.2, -0.15) is 0 Å². The average molecular weight is 354 g/mol. The number of carbonyl (C=O) groups is 1. The minimum Gasteiger partial charge on any atom is -0.454 e. The monoisotopic (exact) mass is 354 g/mol. The Bertz CT molecular complexity index is 786. The van der Waals surface area contributed by atoms with Crippen LogP contribution in [-0.2, 0) is 6.54 Å². The van der Waals surface area contributed by atoms with E-state index in [4.69, 9.17) is 9.47 Å². The Morgan fingerprint density at radius 2 is 1.92 bits per heavy atom. The molecule has 4 rings (SSSR count). The number of benzene rings is 1. The Labute approximate surface area is 152 Å². The second-order valence-corrected chi connectivity index (χ2v) is 6.81. The number of piperidine rings is 1. The zero-order valence-corrected chi connectivity index (χ0v) is 14.8. The smallest absolute Gasteiger partial charge is 0.256 e. The fourth-order valence-corrected chi connectivity index (χ4v) is 3.16. The molecule has 0 aliphatic carbocycles. The summed E-state index contributed by atoms with van der Waals surface area (Å²) in [5, 5.41) is 3.16. The lowest BCUT2D eigenvalue weighted by molar-refractivity contribution is 0.0696.